The molecule has 1 N–H and O–H groups in total. The van der Waals surface area contributed by atoms with E-state index in [0.29, 0.717) is 13.0 Å². The monoisotopic (exact) mass is 312 g/mol. The van der Waals surface area contributed by atoms with Gasteiger partial charge in [0, 0.05) is 25.2 Å². The molecule has 0 saturated heterocycles. The normalized spacial score (nSPS) is 21.5. The van der Waals surface area contributed by atoms with Crippen LogP contribution in [0.3, 0.4) is 0 Å². The van der Waals surface area contributed by atoms with Gasteiger partial charge < -0.3 is 19.3 Å². The summed E-state index contributed by atoms with van der Waals surface area (Å²) in [7, 11) is 0. The van der Waals surface area contributed by atoms with Gasteiger partial charge in [0.1, 0.15) is 6.10 Å². The Bertz CT molecular complexity index is 390. The molecule has 0 radical (unpaired) electrons. The molecule has 0 aromatic heterocycles. The standard InChI is InChI=1S/C16H24O6/c1-2-11-20-13-6-3-4-7-14(13)22-16(19)9-8-15(18)21-12-5-10-17/h2,8-9,13-14,17H,1,3-7,10-12H2/b9-8+. The quantitative estimate of drug-likeness (QED) is 0.301. The average molecular weight is 312 g/mol. The van der Waals surface area contributed by atoms with Crippen LogP contribution in [0.1, 0.15) is 32.1 Å². The van der Waals surface area contributed by atoms with Gasteiger partial charge in [0.15, 0.2) is 0 Å². The number of hydrogen-bond donors (Lipinski definition) is 1. The van der Waals surface area contributed by atoms with Crippen LogP contribution in [-0.2, 0) is 23.8 Å². The van der Waals surface area contributed by atoms with E-state index in [0.717, 1.165) is 37.8 Å². The molecule has 0 aromatic rings. The summed E-state index contributed by atoms with van der Waals surface area (Å²) in [6.07, 6.45) is 7.33. The minimum atomic E-state index is -0.631. The Kier molecular flexibility index (Phi) is 9.18. The maximum atomic E-state index is 11.7. The zero-order valence-corrected chi connectivity index (χ0v) is 12.7. The molecule has 2 unspecified atom stereocenters. The molecular formula is C16H24O6. The SMILES string of the molecule is C=CCOC1CCCCC1OC(=O)/C=C/C(=O)OCCCO. The summed E-state index contributed by atoms with van der Waals surface area (Å²) in [5.74, 6) is -1.22. The number of esters is 2. The highest BCUT2D eigenvalue weighted by Crippen LogP contribution is 2.24. The summed E-state index contributed by atoms with van der Waals surface area (Å²) in [4.78, 5) is 23.0. The molecule has 2 atom stereocenters. The van der Waals surface area contributed by atoms with Gasteiger partial charge in [0.2, 0.25) is 0 Å². The molecule has 0 aromatic carbocycles. The van der Waals surface area contributed by atoms with Gasteiger partial charge in [-0.15, -0.1) is 6.58 Å². The van der Waals surface area contributed by atoms with Gasteiger partial charge in [0.05, 0.1) is 19.3 Å². The molecule has 1 rings (SSSR count). The fourth-order valence-electron chi connectivity index (χ4n) is 2.19. The molecule has 124 valence electrons. The van der Waals surface area contributed by atoms with E-state index >= 15 is 0 Å². The summed E-state index contributed by atoms with van der Waals surface area (Å²) >= 11 is 0. The summed E-state index contributed by atoms with van der Waals surface area (Å²) in [5.41, 5.74) is 0. The zero-order chi connectivity index (χ0) is 16.2. The van der Waals surface area contributed by atoms with E-state index in [1.807, 2.05) is 0 Å². The molecule has 1 fully saturated rings. The third-order valence-electron chi connectivity index (χ3n) is 3.24. The van der Waals surface area contributed by atoms with Gasteiger partial charge in [-0.05, 0) is 19.3 Å². The van der Waals surface area contributed by atoms with Gasteiger partial charge in [-0.1, -0.05) is 12.5 Å². The van der Waals surface area contributed by atoms with Crippen LogP contribution < -0.4 is 0 Å². The van der Waals surface area contributed by atoms with Crippen molar-refractivity contribution in [2.24, 2.45) is 0 Å². The molecule has 6 nitrogen and oxygen atoms in total. The largest absolute Gasteiger partial charge is 0.462 e. The Morgan fingerprint density at radius 3 is 2.50 bits per heavy atom. The maximum absolute atomic E-state index is 11.7. The highest BCUT2D eigenvalue weighted by molar-refractivity contribution is 5.91. The lowest BCUT2D eigenvalue weighted by molar-refractivity contribution is -0.154. The van der Waals surface area contributed by atoms with Crippen molar-refractivity contribution in [3.05, 3.63) is 24.8 Å². The van der Waals surface area contributed by atoms with Crippen molar-refractivity contribution >= 4 is 11.9 Å². The number of hydrogen-bond acceptors (Lipinski definition) is 6. The van der Waals surface area contributed by atoms with Crippen LogP contribution in [-0.4, -0.2) is 49.1 Å². The smallest absolute Gasteiger partial charge is 0.331 e. The molecule has 0 aliphatic heterocycles. The van der Waals surface area contributed by atoms with Crippen LogP contribution in [0.2, 0.25) is 0 Å². The van der Waals surface area contributed by atoms with Crippen LogP contribution in [0, 0.1) is 0 Å². The lowest BCUT2D eigenvalue weighted by Crippen LogP contribution is -2.36. The third kappa shape index (κ3) is 7.38. The first-order valence-electron chi connectivity index (χ1n) is 7.56. The number of rotatable bonds is 9. The Morgan fingerprint density at radius 2 is 1.82 bits per heavy atom. The van der Waals surface area contributed by atoms with Crippen molar-refractivity contribution < 1.29 is 28.9 Å². The first-order valence-corrected chi connectivity index (χ1v) is 7.56. The van der Waals surface area contributed by atoms with E-state index in [9.17, 15) is 9.59 Å². The molecule has 0 heterocycles. The molecule has 1 aliphatic carbocycles. The Balaban J connectivity index is 2.37. The molecule has 22 heavy (non-hydrogen) atoms. The highest BCUT2D eigenvalue weighted by atomic mass is 16.6. The van der Waals surface area contributed by atoms with Crippen molar-refractivity contribution in [1.82, 2.24) is 0 Å². The second kappa shape index (κ2) is 11.0. The number of carbonyl (C=O) groups is 2. The molecule has 0 spiro atoms. The van der Waals surface area contributed by atoms with Gasteiger partial charge in [-0.3, -0.25) is 0 Å². The van der Waals surface area contributed by atoms with E-state index in [-0.39, 0.29) is 25.4 Å². The second-order valence-electron chi connectivity index (χ2n) is 5.00. The van der Waals surface area contributed by atoms with Crippen LogP contribution in [0.4, 0.5) is 0 Å². The maximum Gasteiger partial charge on any atom is 0.331 e. The van der Waals surface area contributed by atoms with E-state index in [1.165, 1.54) is 0 Å². The van der Waals surface area contributed by atoms with Crippen molar-refractivity contribution in [2.45, 2.75) is 44.3 Å². The van der Waals surface area contributed by atoms with E-state index in [4.69, 9.17) is 19.3 Å². The predicted octanol–water partition coefficient (Wildman–Crippen LogP) is 1.53. The van der Waals surface area contributed by atoms with E-state index in [2.05, 4.69) is 6.58 Å². The first-order chi connectivity index (χ1) is 10.7. The van der Waals surface area contributed by atoms with Crippen molar-refractivity contribution in [3.8, 4) is 0 Å². The Hall–Kier alpha value is -1.66. The summed E-state index contributed by atoms with van der Waals surface area (Å²) < 4.78 is 15.7. The summed E-state index contributed by atoms with van der Waals surface area (Å²) in [6.45, 7) is 4.09. The molecule has 1 aliphatic rings. The first kappa shape index (κ1) is 18.4. The minimum Gasteiger partial charge on any atom is -0.462 e. The van der Waals surface area contributed by atoms with Gasteiger partial charge in [-0.25, -0.2) is 9.59 Å². The van der Waals surface area contributed by atoms with Gasteiger partial charge >= 0.3 is 11.9 Å². The van der Waals surface area contributed by atoms with Crippen LogP contribution >= 0.6 is 0 Å². The summed E-state index contributed by atoms with van der Waals surface area (Å²) in [6, 6.07) is 0. The molecule has 6 heteroatoms. The minimum absolute atomic E-state index is 0.0488. The highest BCUT2D eigenvalue weighted by Gasteiger charge is 2.28. The predicted molar refractivity (Wildman–Crippen MR) is 80.1 cm³/mol. The molecular weight excluding hydrogens is 288 g/mol. The zero-order valence-electron chi connectivity index (χ0n) is 12.7. The molecule has 1 saturated carbocycles. The van der Waals surface area contributed by atoms with Gasteiger partial charge in [-0.2, -0.15) is 0 Å². The lowest BCUT2D eigenvalue weighted by Gasteiger charge is -2.30. The molecule has 0 amide bonds. The lowest BCUT2D eigenvalue weighted by atomic mass is 9.94. The van der Waals surface area contributed by atoms with Crippen molar-refractivity contribution in [1.29, 1.82) is 0 Å². The average Bonchev–Trinajstić information content (AvgIpc) is 2.52. The number of carbonyl (C=O) groups excluding carboxylic acids is 2. The Labute approximate surface area is 130 Å². The number of aliphatic hydroxyl groups excluding tert-OH is 1. The van der Waals surface area contributed by atoms with Crippen LogP contribution in [0.5, 0.6) is 0 Å². The van der Waals surface area contributed by atoms with Crippen molar-refractivity contribution in [2.75, 3.05) is 19.8 Å². The van der Waals surface area contributed by atoms with E-state index < -0.39 is 11.9 Å². The number of ether oxygens (including phenoxy) is 3. The summed E-state index contributed by atoms with van der Waals surface area (Å²) in [5, 5.41) is 8.56. The van der Waals surface area contributed by atoms with Gasteiger partial charge in [0.25, 0.3) is 0 Å². The van der Waals surface area contributed by atoms with Crippen LogP contribution in [0.25, 0.3) is 0 Å². The number of aliphatic hydroxyl groups is 1. The van der Waals surface area contributed by atoms with E-state index in [1.54, 1.807) is 6.08 Å². The third-order valence-corrected chi connectivity index (χ3v) is 3.24. The van der Waals surface area contributed by atoms with Crippen molar-refractivity contribution in [3.63, 3.8) is 0 Å². The second-order valence-corrected chi connectivity index (χ2v) is 5.00. The molecule has 0 bridgehead atoms. The Morgan fingerprint density at radius 1 is 1.14 bits per heavy atom. The van der Waals surface area contributed by atoms with Crippen LogP contribution in [0.15, 0.2) is 24.8 Å². The topological polar surface area (TPSA) is 82.1 Å². The fraction of sp³-hybridized carbons (Fsp3) is 0.625. The fourth-order valence-corrected chi connectivity index (χ4v) is 2.19.